The molecule has 2 aromatic rings. The van der Waals surface area contributed by atoms with E-state index >= 15 is 0 Å². The van der Waals surface area contributed by atoms with Crippen molar-refractivity contribution in [1.82, 2.24) is 5.32 Å². The quantitative estimate of drug-likeness (QED) is 0.823. The van der Waals surface area contributed by atoms with E-state index in [1.54, 1.807) is 24.3 Å². The molecule has 0 spiro atoms. The molecule has 0 fully saturated rings. The van der Waals surface area contributed by atoms with Gasteiger partial charge in [-0.25, -0.2) is 8.42 Å². The highest BCUT2D eigenvalue weighted by atomic mass is 32.2. The van der Waals surface area contributed by atoms with Crippen LogP contribution >= 0.6 is 0 Å². The zero-order valence-electron chi connectivity index (χ0n) is 14.1. The summed E-state index contributed by atoms with van der Waals surface area (Å²) in [6.07, 6.45) is 0.979. The molecule has 132 valence electrons. The van der Waals surface area contributed by atoms with Gasteiger partial charge in [-0.3, -0.25) is 9.59 Å². The molecule has 0 heterocycles. The second-order valence-corrected chi connectivity index (χ2v) is 7.98. The SMILES string of the molecule is Cc1cccc(CNC(=O)c2ccccc2NC(=O)CS(C)(=O)=O)c1. The Hall–Kier alpha value is -2.67. The van der Waals surface area contributed by atoms with Gasteiger partial charge in [-0.1, -0.05) is 42.0 Å². The lowest BCUT2D eigenvalue weighted by Crippen LogP contribution is -2.26. The average Bonchev–Trinajstić information content (AvgIpc) is 2.51. The van der Waals surface area contributed by atoms with Gasteiger partial charge in [0.1, 0.15) is 5.75 Å². The van der Waals surface area contributed by atoms with E-state index < -0.39 is 21.5 Å². The van der Waals surface area contributed by atoms with E-state index in [0.29, 0.717) is 6.54 Å². The Balaban J connectivity index is 2.08. The highest BCUT2D eigenvalue weighted by molar-refractivity contribution is 7.91. The van der Waals surface area contributed by atoms with E-state index in [1.165, 1.54) is 0 Å². The molecule has 0 atom stereocenters. The molecule has 0 aliphatic rings. The zero-order valence-corrected chi connectivity index (χ0v) is 14.9. The van der Waals surface area contributed by atoms with Crippen LogP contribution < -0.4 is 10.6 Å². The van der Waals surface area contributed by atoms with Gasteiger partial charge in [-0.2, -0.15) is 0 Å². The number of carbonyl (C=O) groups excluding carboxylic acids is 2. The molecular weight excluding hydrogens is 340 g/mol. The van der Waals surface area contributed by atoms with Crippen molar-refractivity contribution in [2.45, 2.75) is 13.5 Å². The first-order valence-electron chi connectivity index (χ1n) is 7.65. The Bertz CT molecular complexity index is 891. The van der Waals surface area contributed by atoms with Crippen molar-refractivity contribution in [3.8, 4) is 0 Å². The zero-order chi connectivity index (χ0) is 18.4. The number of para-hydroxylation sites is 1. The second-order valence-electron chi connectivity index (χ2n) is 5.84. The summed E-state index contributed by atoms with van der Waals surface area (Å²) in [6.45, 7) is 2.32. The summed E-state index contributed by atoms with van der Waals surface area (Å²) in [6, 6.07) is 14.2. The smallest absolute Gasteiger partial charge is 0.253 e. The van der Waals surface area contributed by atoms with Crippen LogP contribution in [0.4, 0.5) is 5.69 Å². The van der Waals surface area contributed by atoms with E-state index in [9.17, 15) is 18.0 Å². The molecule has 2 N–H and O–H groups in total. The van der Waals surface area contributed by atoms with Crippen LogP contribution in [0.5, 0.6) is 0 Å². The predicted octanol–water partition coefficient (Wildman–Crippen LogP) is 1.91. The summed E-state index contributed by atoms with van der Waals surface area (Å²) >= 11 is 0. The van der Waals surface area contributed by atoms with E-state index in [1.807, 2.05) is 31.2 Å². The molecular formula is C18H20N2O4S. The highest BCUT2D eigenvalue weighted by Crippen LogP contribution is 2.15. The summed E-state index contributed by atoms with van der Waals surface area (Å²) < 4.78 is 22.4. The largest absolute Gasteiger partial charge is 0.348 e. The molecule has 7 heteroatoms. The maximum atomic E-state index is 12.4. The Kier molecular flexibility index (Phi) is 5.93. The second kappa shape index (κ2) is 7.94. The van der Waals surface area contributed by atoms with Gasteiger partial charge in [-0.05, 0) is 24.6 Å². The van der Waals surface area contributed by atoms with Gasteiger partial charge in [0.05, 0.1) is 11.3 Å². The Morgan fingerprint density at radius 3 is 2.44 bits per heavy atom. The van der Waals surface area contributed by atoms with Gasteiger partial charge >= 0.3 is 0 Å². The first-order chi connectivity index (χ1) is 11.7. The molecule has 0 aliphatic carbocycles. The highest BCUT2D eigenvalue weighted by Gasteiger charge is 2.15. The number of carbonyl (C=O) groups is 2. The first kappa shape index (κ1) is 18.7. The molecule has 0 radical (unpaired) electrons. The lowest BCUT2D eigenvalue weighted by atomic mass is 10.1. The van der Waals surface area contributed by atoms with Crippen LogP contribution in [0.15, 0.2) is 48.5 Å². The van der Waals surface area contributed by atoms with Gasteiger partial charge in [0.25, 0.3) is 5.91 Å². The van der Waals surface area contributed by atoms with Gasteiger partial charge in [0.2, 0.25) is 5.91 Å². The van der Waals surface area contributed by atoms with Crippen LogP contribution in [0.2, 0.25) is 0 Å². The van der Waals surface area contributed by atoms with Crippen molar-refractivity contribution < 1.29 is 18.0 Å². The van der Waals surface area contributed by atoms with Gasteiger partial charge in [0.15, 0.2) is 9.84 Å². The van der Waals surface area contributed by atoms with Crippen molar-refractivity contribution in [2.75, 3.05) is 17.3 Å². The molecule has 0 unspecified atom stereocenters. The topological polar surface area (TPSA) is 92.3 Å². The molecule has 2 aromatic carbocycles. The number of rotatable bonds is 6. The number of hydrogen-bond acceptors (Lipinski definition) is 4. The Labute approximate surface area is 147 Å². The maximum Gasteiger partial charge on any atom is 0.253 e. The monoisotopic (exact) mass is 360 g/mol. The minimum absolute atomic E-state index is 0.275. The fraction of sp³-hybridized carbons (Fsp3) is 0.222. The lowest BCUT2D eigenvalue weighted by molar-refractivity contribution is -0.113. The lowest BCUT2D eigenvalue weighted by Gasteiger charge is -2.11. The molecule has 25 heavy (non-hydrogen) atoms. The Morgan fingerprint density at radius 2 is 1.76 bits per heavy atom. The summed E-state index contributed by atoms with van der Waals surface area (Å²) in [4.78, 5) is 24.2. The molecule has 6 nitrogen and oxygen atoms in total. The standard InChI is InChI=1S/C18H20N2O4S/c1-13-6-5-7-14(10-13)11-19-18(22)15-8-3-4-9-16(15)20-17(21)12-25(2,23)24/h3-10H,11-12H2,1-2H3,(H,19,22)(H,20,21). The third kappa shape index (κ3) is 6.04. The summed E-state index contributed by atoms with van der Waals surface area (Å²) in [5.74, 6) is -1.66. The van der Waals surface area contributed by atoms with E-state index in [4.69, 9.17) is 0 Å². The van der Waals surface area contributed by atoms with Crippen LogP contribution in [0.25, 0.3) is 0 Å². The molecule has 0 saturated carbocycles. The van der Waals surface area contributed by atoms with Crippen LogP contribution in [0.3, 0.4) is 0 Å². The van der Waals surface area contributed by atoms with Crippen molar-refractivity contribution >= 4 is 27.3 Å². The Morgan fingerprint density at radius 1 is 1.04 bits per heavy atom. The van der Waals surface area contributed by atoms with E-state index in [-0.39, 0.29) is 17.2 Å². The van der Waals surface area contributed by atoms with Crippen molar-refractivity contribution in [3.63, 3.8) is 0 Å². The number of benzene rings is 2. The summed E-state index contributed by atoms with van der Waals surface area (Å²) in [7, 11) is -3.44. The van der Waals surface area contributed by atoms with Crippen LogP contribution in [0.1, 0.15) is 21.5 Å². The molecule has 0 aliphatic heterocycles. The normalized spacial score (nSPS) is 11.0. The van der Waals surface area contributed by atoms with Gasteiger partial charge in [0, 0.05) is 12.8 Å². The maximum absolute atomic E-state index is 12.4. The number of amides is 2. The molecule has 0 saturated heterocycles. The fourth-order valence-electron chi connectivity index (χ4n) is 2.31. The van der Waals surface area contributed by atoms with E-state index in [2.05, 4.69) is 10.6 Å². The summed E-state index contributed by atoms with van der Waals surface area (Å²) in [5.41, 5.74) is 2.61. The molecule has 2 amide bonds. The average molecular weight is 360 g/mol. The minimum Gasteiger partial charge on any atom is -0.348 e. The minimum atomic E-state index is -3.44. The number of anilines is 1. The van der Waals surface area contributed by atoms with Crippen molar-refractivity contribution in [2.24, 2.45) is 0 Å². The summed E-state index contributed by atoms with van der Waals surface area (Å²) in [5, 5.41) is 5.27. The van der Waals surface area contributed by atoms with E-state index in [0.717, 1.165) is 17.4 Å². The predicted molar refractivity (Wildman–Crippen MR) is 97.1 cm³/mol. The number of aryl methyl sites for hydroxylation is 1. The van der Waals surface area contributed by atoms with Crippen LogP contribution in [0, 0.1) is 6.92 Å². The molecule has 0 bridgehead atoms. The van der Waals surface area contributed by atoms with Crippen LogP contribution in [-0.2, 0) is 21.2 Å². The molecule has 0 aromatic heterocycles. The first-order valence-corrected chi connectivity index (χ1v) is 9.71. The third-order valence-corrected chi connectivity index (χ3v) is 4.16. The van der Waals surface area contributed by atoms with Crippen molar-refractivity contribution in [3.05, 3.63) is 65.2 Å². The number of nitrogens with one attached hydrogen (secondary N) is 2. The molecule has 2 rings (SSSR count). The van der Waals surface area contributed by atoms with Gasteiger partial charge in [-0.15, -0.1) is 0 Å². The van der Waals surface area contributed by atoms with Crippen LogP contribution in [-0.4, -0.2) is 32.2 Å². The van der Waals surface area contributed by atoms with Crippen molar-refractivity contribution in [1.29, 1.82) is 0 Å². The number of sulfone groups is 1. The third-order valence-electron chi connectivity index (χ3n) is 3.37. The number of hydrogen-bond donors (Lipinski definition) is 2. The fourth-order valence-corrected chi connectivity index (χ4v) is 2.86. The van der Waals surface area contributed by atoms with Gasteiger partial charge < -0.3 is 10.6 Å².